The van der Waals surface area contributed by atoms with Gasteiger partial charge in [0.1, 0.15) is 5.75 Å². The van der Waals surface area contributed by atoms with Gasteiger partial charge in [0, 0.05) is 62.2 Å². The summed E-state index contributed by atoms with van der Waals surface area (Å²) >= 11 is 0. The number of rotatable bonds is 16. The maximum absolute atomic E-state index is 13.5. The number of ether oxygens (including phenoxy) is 3. The molecule has 2 amide bonds. The zero-order chi connectivity index (χ0) is 26.5. The molecule has 0 heterocycles. The Hall–Kier alpha value is -2.90. The fraction of sp³-hybridized carbons (Fsp3) is 0.517. The molecule has 0 N–H and O–H groups in total. The number of methoxy groups -OCH3 is 1. The molecular formula is C29H42N2O5. The van der Waals surface area contributed by atoms with Crippen molar-refractivity contribution in [2.45, 2.75) is 59.5 Å². The zero-order valence-electron chi connectivity index (χ0n) is 22.7. The lowest BCUT2D eigenvalue weighted by molar-refractivity contribution is -0.107. The molecule has 2 rings (SSSR count). The van der Waals surface area contributed by atoms with Crippen molar-refractivity contribution < 1.29 is 23.8 Å². The van der Waals surface area contributed by atoms with E-state index in [4.69, 9.17) is 14.2 Å². The number of nitrogens with zero attached hydrogens (tertiary/aromatic N) is 2. The van der Waals surface area contributed by atoms with Crippen molar-refractivity contribution in [2.24, 2.45) is 0 Å². The number of amides is 2. The molecule has 0 aliphatic rings. The molecular weight excluding hydrogens is 456 g/mol. The van der Waals surface area contributed by atoms with Gasteiger partial charge >= 0.3 is 0 Å². The highest BCUT2D eigenvalue weighted by molar-refractivity contribution is 5.96. The summed E-state index contributed by atoms with van der Waals surface area (Å²) in [7, 11) is 1.66. The van der Waals surface area contributed by atoms with Gasteiger partial charge in [0.25, 0.3) is 5.91 Å². The summed E-state index contributed by atoms with van der Waals surface area (Å²) in [6, 6.07) is 13.6. The molecule has 1 atom stereocenters. The highest BCUT2D eigenvalue weighted by Gasteiger charge is 2.24. The van der Waals surface area contributed by atoms with Crippen LogP contribution in [-0.2, 0) is 14.3 Å². The lowest BCUT2D eigenvalue weighted by atomic mass is 10.0. The zero-order valence-corrected chi connectivity index (χ0v) is 22.7. The summed E-state index contributed by atoms with van der Waals surface area (Å²) in [6.07, 6.45) is 2.43. The number of carbonyl (C=O) groups is 2. The van der Waals surface area contributed by atoms with Crippen molar-refractivity contribution in [3.63, 3.8) is 0 Å². The Bertz CT molecular complexity index is 962. The Morgan fingerprint density at radius 1 is 1.03 bits per heavy atom. The van der Waals surface area contributed by atoms with E-state index >= 15 is 0 Å². The van der Waals surface area contributed by atoms with Crippen molar-refractivity contribution in [2.75, 3.05) is 45.0 Å². The first kappa shape index (κ1) is 29.3. The quantitative estimate of drug-likeness (QED) is 0.228. The Labute approximate surface area is 216 Å². The van der Waals surface area contributed by atoms with Gasteiger partial charge in [-0.1, -0.05) is 19.1 Å². The van der Waals surface area contributed by atoms with Crippen LogP contribution < -0.4 is 9.64 Å². The summed E-state index contributed by atoms with van der Waals surface area (Å²) in [4.78, 5) is 28.7. The normalized spacial score (nSPS) is 11.9. The maximum Gasteiger partial charge on any atom is 0.254 e. The standard InChI is InChI=1S/C29H42N2O5/c1-7-23(5)31(22(3)4)29(33)25-13-14-27(28(20-25)36-17-10-16-34-6)24-11-9-12-26(19-24)30(21-32)15-18-35-8-2/h9,11-14,19-23H,7-8,10,15-18H2,1-6H3/t23-/m1/s1. The Morgan fingerprint density at radius 2 is 1.81 bits per heavy atom. The van der Waals surface area contributed by atoms with Crippen LogP contribution in [0.3, 0.4) is 0 Å². The predicted octanol–water partition coefficient (Wildman–Crippen LogP) is 5.42. The molecule has 0 aromatic heterocycles. The molecule has 0 aliphatic heterocycles. The number of anilines is 1. The smallest absolute Gasteiger partial charge is 0.254 e. The second kappa shape index (κ2) is 15.3. The van der Waals surface area contributed by atoms with Crippen LogP contribution >= 0.6 is 0 Å². The van der Waals surface area contributed by atoms with Gasteiger partial charge in [0.2, 0.25) is 6.41 Å². The number of carbonyl (C=O) groups excluding carboxylic acids is 2. The van der Waals surface area contributed by atoms with Crippen molar-refractivity contribution in [3.05, 3.63) is 48.0 Å². The van der Waals surface area contributed by atoms with Gasteiger partial charge < -0.3 is 24.0 Å². The second-order valence-electron chi connectivity index (χ2n) is 9.02. The molecule has 36 heavy (non-hydrogen) atoms. The largest absolute Gasteiger partial charge is 0.493 e. The summed E-state index contributed by atoms with van der Waals surface area (Å²) in [6.45, 7) is 12.8. The van der Waals surface area contributed by atoms with E-state index in [0.717, 1.165) is 36.1 Å². The Kier molecular flexibility index (Phi) is 12.4. The molecule has 0 bridgehead atoms. The van der Waals surface area contributed by atoms with E-state index in [9.17, 15) is 9.59 Å². The molecule has 7 nitrogen and oxygen atoms in total. The van der Waals surface area contributed by atoms with Crippen molar-refractivity contribution in [1.82, 2.24) is 4.90 Å². The fourth-order valence-electron chi connectivity index (χ4n) is 4.09. The minimum Gasteiger partial charge on any atom is -0.493 e. The molecule has 0 spiro atoms. The molecule has 0 saturated heterocycles. The molecule has 198 valence electrons. The van der Waals surface area contributed by atoms with E-state index in [1.807, 2.05) is 68.1 Å². The van der Waals surface area contributed by atoms with E-state index in [2.05, 4.69) is 13.8 Å². The molecule has 0 aliphatic carbocycles. The molecule has 2 aromatic rings. The van der Waals surface area contributed by atoms with Gasteiger partial charge in [-0.05, 0) is 70.0 Å². The first-order valence-electron chi connectivity index (χ1n) is 12.9. The maximum atomic E-state index is 13.5. The van der Waals surface area contributed by atoms with Crippen LogP contribution in [0.25, 0.3) is 11.1 Å². The van der Waals surface area contributed by atoms with Crippen LogP contribution in [0.1, 0.15) is 57.8 Å². The van der Waals surface area contributed by atoms with Crippen LogP contribution in [0, 0.1) is 0 Å². The minimum absolute atomic E-state index is 0.00977. The molecule has 7 heteroatoms. The van der Waals surface area contributed by atoms with Gasteiger partial charge in [-0.3, -0.25) is 9.59 Å². The monoisotopic (exact) mass is 498 g/mol. The molecule has 0 fully saturated rings. The van der Waals surface area contributed by atoms with E-state index in [-0.39, 0.29) is 18.0 Å². The first-order chi connectivity index (χ1) is 17.4. The molecule has 0 radical (unpaired) electrons. The highest BCUT2D eigenvalue weighted by atomic mass is 16.5. The van der Waals surface area contributed by atoms with Crippen molar-refractivity contribution in [3.8, 4) is 16.9 Å². The summed E-state index contributed by atoms with van der Waals surface area (Å²) in [5.41, 5.74) is 3.13. The predicted molar refractivity (Wildman–Crippen MR) is 145 cm³/mol. The number of hydrogen-bond donors (Lipinski definition) is 0. The summed E-state index contributed by atoms with van der Waals surface area (Å²) in [5, 5.41) is 0. The number of benzene rings is 2. The van der Waals surface area contributed by atoms with Crippen LogP contribution in [0.2, 0.25) is 0 Å². The van der Waals surface area contributed by atoms with Gasteiger partial charge in [0.15, 0.2) is 0 Å². The summed E-state index contributed by atoms with van der Waals surface area (Å²) < 4.78 is 16.7. The molecule has 2 aromatic carbocycles. The Balaban J connectivity index is 2.44. The first-order valence-corrected chi connectivity index (χ1v) is 12.9. The number of hydrogen-bond acceptors (Lipinski definition) is 5. The third-order valence-corrected chi connectivity index (χ3v) is 6.13. The van der Waals surface area contributed by atoms with E-state index < -0.39 is 0 Å². The SMILES string of the molecule is CCOCCN(C=O)c1cccc(-c2ccc(C(=O)N(C(C)C)[C@H](C)CC)cc2OCCCOC)c1. The van der Waals surface area contributed by atoms with Gasteiger partial charge in [-0.25, -0.2) is 0 Å². The van der Waals surface area contributed by atoms with Crippen molar-refractivity contribution in [1.29, 1.82) is 0 Å². The molecule has 0 saturated carbocycles. The minimum atomic E-state index is -0.00977. The van der Waals surface area contributed by atoms with Crippen LogP contribution in [0.15, 0.2) is 42.5 Å². The van der Waals surface area contributed by atoms with E-state index in [1.54, 1.807) is 12.0 Å². The average Bonchev–Trinajstić information content (AvgIpc) is 2.88. The third-order valence-electron chi connectivity index (χ3n) is 6.13. The summed E-state index contributed by atoms with van der Waals surface area (Å²) in [5.74, 6) is 0.623. The van der Waals surface area contributed by atoms with Gasteiger partial charge in [-0.2, -0.15) is 0 Å². The Morgan fingerprint density at radius 3 is 2.44 bits per heavy atom. The van der Waals surface area contributed by atoms with Crippen LogP contribution in [0.4, 0.5) is 5.69 Å². The second-order valence-corrected chi connectivity index (χ2v) is 9.02. The van der Waals surface area contributed by atoms with Gasteiger partial charge in [-0.15, -0.1) is 0 Å². The van der Waals surface area contributed by atoms with Crippen molar-refractivity contribution >= 4 is 18.0 Å². The van der Waals surface area contributed by atoms with E-state index in [1.165, 1.54) is 0 Å². The lowest BCUT2D eigenvalue weighted by Crippen LogP contribution is -2.43. The fourth-order valence-corrected chi connectivity index (χ4v) is 4.09. The topological polar surface area (TPSA) is 68.3 Å². The van der Waals surface area contributed by atoms with Crippen LogP contribution in [-0.4, -0.2) is 69.4 Å². The van der Waals surface area contributed by atoms with Gasteiger partial charge in [0.05, 0.1) is 13.2 Å². The van der Waals surface area contributed by atoms with Crippen LogP contribution in [0.5, 0.6) is 5.75 Å². The molecule has 0 unspecified atom stereocenters. The lowest BCUT2D eigenvalue weighted by Gasteiger charge is -2.32. The highest BCUT2D eigenvalue weighted by Crippen LogP contribution is 2.34. The average molecular weight is 499 g/mol. The third kappa shape index (κ3) is 8.07. The van der Waals surface area contributed by atoms with E-state index in [0.29, 0.717) is 44.3 Å².